The van der Waals surface area contributed by atoms with Crippen molar-refractivity contribution in [2.45, 2.75) is 32.3 Å². The molecular formula is C25H20F5NO. The van der Waals surface area contributed by atoms with Gasteiger partial charge in [0, 0.05) is 23.9 Å². The number of alkyl halides is 2. The predicted octanol–water partition coefficient (Wildman–Crippen LogP) is 7.50. The maximum Gasteiger partial charge on any atom is 0.426 e. The van der Waals surface area contributed by atoms with Gasteiger partial charge < -0.3 is 4.74 Å². The van der Waals surface area contributed by atoms with Crippen LogP contribution >= 0.6 is 0 Å². The zero-order chi connectivity index (χ0) is 22.9. The van der Waals surface area contributed by atoms with E-state index in [-0.39, 0.29) is 0 Å². The van der Waals surface area contributed by atoms with Crippen LogP contribution in [0.2, 0.25) is 0 Å². The van der Waals surface area contributed by atoms with Gasteiger partial charge in [-0.15, -0.1) is 0 Å². The molecule has 4 rings (SSSR count). The molecule has 2 nitrogen and oxygen atoms in total. The lowest BCUT2D eigenvalue weighted by molar-refractivity contribution is -0.185. The Kier molecular flexibility index (Phi) is 6.00. The van der Waals surface area contributed by atoms with Crippen LogP contribution in [0.25, 0.3) is 16.8 Å². The van der Waals surface area contributed by atoms with Gasteiger partial charge in [0.1, 0.15) is 5.75 Å². The van der Waals surface area contributed by atoms with Crippen LogP contribution in [0.1, 0.15) is 37.3 Å². The fourth-order valence-electron chi connectivity index (χ4n) is 3.62. The summed E-state index contributed by atoms with van der Waals surface area (Å²) < 4.78 is 72.9. The molecular weight excluding hydrogens is 425 g/mol. The normalized spacial score (nSPS) is 16.6. The first kappa shape index (κ1) is 22.0. The number of nitrogens with zero attached hydrogens (tertiary/aromatic N) is 1. The van der Waals surface area contributed by atoms with Crippen LogP contribution < -0.4 is 4.74 Å². The first-order valence-corrected chi connectivity index (χ1v) is 10.2. The first-order valence-electron chi connectivity index (χ1n) is 10.2. The Labute approximate surface area is 182 Å². The molecule has 1 aliphatic rings. The summed E-state index contributed by atoms with van der Waals surface area (Å²) in [5.41, 5.74) is 3.04. The fourth-order valence-corrected chi connectivity index (χ4v) is 3.62. The van der Waals surface area contributed by atoms with Crippen molar-refractivity contribution < 1.29 is 26.7 Å². The van der Waals surface area contributed by atoms with Crippen LogP contribution in [-0.2, 0) is 6.11 Å². The van der Waals surface area contributed by atoms with Crippen molar-refractivity contribution in [3.63, 3.8) is 0 Å². The monoisotopic (exact) mass is 445 g/mol. The molecule has 0 saturated heterocycles. The van der Waals surface area contributed by atoms with E-state index in [2.05, 4.69) is 22.7 Å². The van der Waals surface area contributed by atoms with Gasteiger partial charge in [0.15, 0.2) is 17.5 Å². The van der Waals surface area contributed by atoms with E-state index in [1.165, 1.54) is 17.7 Å². The Morgan fingerprint density at radius 1 is 0.938 bits per heavy atom. The third kappa shape index (κ3) is 4.66. The van der Waals surface area contributed by atoms with E-state index in [1.807, 2.05) is 12.1 Å². The first-order chi connectivity index (χ1) is 15.2. The Morgan fingerprint density at radius 3 is 2.16 bits per heavy atom. The molecule has 0 saturated carbocycles. The van der Waals surface area contributed by atoms with E-state index in [9.17, 15) is 22.0 Å². The standard InChI is InChI=1S/C25H20F5NO/c1-15-2-4-16(5-3-15)18-8-11-23(31-14-18)17-6-9-19(10-7-17)25(29,30)32-20-12-21(26)24(28)22(27)13-20/h4,6-15H,2-3,5H2,1H3. The second-order valence-corrected chi connectivity index (χ2v) is 7.94. The molecule has 0 amide bonds. The van der Waals surface area contributed by atoms with Crippen LogP contribution in [0, 0.1) is 23.4 Å². The molecule has 0 N–H and O–H groups in total. The topological polar surface area (TPSA) is 22.1 Å². The fraction of sp³-hybridized carbons (Fsp3) is 0.240. The van der Waals surface area contributed by atoms with Gasteiger partial charge in [-0.3, -0.25) is 4.98 Å². The van der Waals surface area contributed by atoms with Crippen molar-refractivity contribution in [2.24, 2.45) is 5.92 Å². The number of halogens is 5. The van der Waals surface area contributed by atoms with Gasteiger partial charge in [0.05, 0.1) is 11.3 Å². The minimum Gasteiger partial charge on any atom is -0.429 e. The molecule has 166 valence electrons. The van der Waals surface area contributed by atoms with E-state index in [0.29, 0.717) is 29.3 Å². The molecule has 0 fully saturated rings. The zero-order valence-electron chi connectivity index (χ0n) is 17.2. The van der Waals surface area contributed by atoms with Gasteiger partial charge in [-0.1, -0.05) is 31.2 Å². The molecule has 3 aromatic rings. The van der Waals surface area contributed by atoms with Crippen molar-refractivity contribution in [2.75, 3.05) is 0 Å². The van der Waals surface area contributed by atoms with Crippen molar-refractivity contribution in [1.29, 1.82) is 0 Å². The summed E-state index contributed by atoms with van der Waals surface area (Å²) >= 11 is 0. The number of hydrogen-bond acceptors (Lipinski definition) is 2. The number of pyridine rings is 1. The Bertz CT molecular complexity index is 1120. The summed E-state index contributed by atoms with van der Waals surface area (Å²) in [5, 5.41) is 0. The molecule has 7 heteroatoms. The SMILES string of the molecule is CC1CC=C(c2ccc(-c3ccc(C(F)(F)Oc4cc(F)c(F)c(F)c4)cc3)nc2)CC1. The van der Waals surface area contributed by atoms with Crippen LogP contribution in [0.4, 0.5) is 22.0 Å². The maximum absolute atomic E-state index is 14.4. The third-order valence-electron chi connectivity index (χ3n) is 5.53. The van der Waals surface area contributed by atoms with Crippen molar-refractivity contribution in [3.05, 3.63) is 89.4 Å². The highest BCUT2D eigenvalue weighted by molar-refractivity contribution is 5.68. The van der Waals surface area contributed by atoms with E-state index >= 15 is 0 Å². The maximum atomic E-state index is 14.4. The minimum absolute atomic E-state index is 0.370. The largest absolute Gasteiger partial charge is 0.429 e. The average molecular weight is 445 g/mol. The van der Waals surface area contributed by atoms with E-state index in [1.54, 1.807) is 6.20 Å². The molecule has 1 heterocycles. The Morgan fingerprint density at radius 2 is 1.59 bits per heavy atom. The molecule has 1 aliphatic carbocycles. The molecule has 1 aromatic heterocycles. The number of rotatable bonds is 5. The Balaban J connectivity index is 1.50. The number of aromatic nitrogens is 1. The van der Waals surface area contributed by atoms with E-state index in [0.717, 1.165) is 37.0 Å². The van der Waals surface area contributed by atoms with Gasteiger partial charge in [-0.2, -0.15) is 8.78 Å². The van der Waals surface area contributed by atoms with Crippen LogP contribution in [0.15, 0.2) is 60.8 Å². The molecule has 2 aromatic carbocycles. The molecule has 0 radical (unpaired) electrons. The predicted molar refractivity (Wildman–Crippen MR) is 112 cm³/mol. The lowest BCUT2D eigenvalue weighted by Gasteiger charge is -2.19. The highest BCUT2D eigenvalue weighted by atomic mass is 19.3. The summed E-state index contributed by atoms with van der Waals surface area (Å²) in [5.74, 6) is -5.11. The number of allylic oxidation sites excluding steroid dienone is 2. The number of benzene rings is 2. The van der Waals surface area contributed by atoms with Crippen molar-refractivity contribution >= 4 is 5.57 Å². The number of ether oxygens (including phenoxy) is 1. The summed E-state index contributed by atoms with van der Waals surface area (Å²) in [7, 11) is 0. The molecule has 0 spiro atoms. The van der Waals surface area contributed by atoms with E-state index in [4.69, 9.17) is 0 Å². The summed E-state index contributed by atoms with van der Waals surface area (Å²) in [6, 6.07) is 9.75. The molecule has 0 bridgehead atoms. The lowest BCUT2D eigenvalue weighted by atomic mass is 9.88. The van der Waals surface area contributed by atoms with Crippen LogP contribution in [0.3, 0.4) is 0 Å². The van der Waals surface area contributed by atoms with Crippen LogP contribution in [-0.4, -0.2) is 4.98 Å². The second-order valence-electron chi connectivity index (χ2n) is 7.94. The van der Waals surface area contributed by atoms with Gasteiger partial charge in [-0.05, 0) is 54.5 Å². The van der Waals surface area contributed by atoms with Gasteiger partial charge >= 0.3 is 6.11 Å². The summed E-state index contributed by atoms with van der Waals surface area (Å²) in [6.45, 7) is 2.23. The highest BCUT2D eigenvalue weighted by Crippen LogP contribution is 2.34. The molecule has 32 heavy (non-hydrogen) atoms. The molecule has 1 atom stereocenters. The average Bonchev–Trinajstić information content (AvgIpc) is 2.78. The van der Waals surface area contributed by atoms with Crippen molar-refractivity contribution in [1.82, 2.24) is 4.98 Å². The lowest BCUT2D eigenvalue weighted by Crippen LogP contribution is -2.22. The van der Waals surface area contributed by atoms with Gasteiger partial charge in [0.2, 0.25) is 0 Å². The molecule has 1 unspecified atom stereocenters. The van der Waals surface area contributed by atoms with Gasteiger partial charge in [0.25, 0.3) is 0 Å². The quantitative estimate of drug-likeness (QED) is 0.300. The summed E-state index contributed by atoms with van der Waals surface area (Å²) in [4.78, 5) is 4.45. The molecule has 0 aliphatic heterocycles. The smallest absolute Gasteiger partial charge is 0.426 e. The second kappa shape index (κ2) is 8.73. The summed E-state index contributed by atoms with van der Waals surface area (Å²) in [6.07, 6.45) is 3.33. The minimum atomic E-state index is -3.88. The van der Waals surface area contributed by atoms with Gasteiger partial charge in [-0.25, -0.2) is 13.2 Å². The third-order valence-corrected chi connectivity index (χ3v) is 5.53. The zero-order valence-corrected chi connectivity index (χ0v) is 17.2. The highest BCUT2D eigenvalue weighted by Gasteiger charge is 2.35. The Hall–Kier alpha value is -3.22. The van der Waals surface area contributed by atoms with E-state index < -0.39 is 34.9 Å². The van der Waals surface area contributed by atoms with Crippen molar-refractivity contribution in [3.8, 4) is 17.0 Å². The number of hydrogen-bond donors (Lipinski definition) is 0. The van der Waals surface area contributed by atoms with Crippen LogP contribution in [0.5, 0.6) is 5.75 Å².